The minimum Gasteiger partial charge on any atom is -0.539 e. The fraction of sp³-hybridized carbons (Fsp3) is 0.0667. The molecule has 4 nitrogen and oxygen atoms in total. The van der Waals surface area contributed by atoms with Crippen LogP contribution in [0.1, 0.15) is 5.56 Å². The molecule has 0 N–H and O–H groups in total. The molecule has 2 aromatic carbocycles. The molecule has 19 heavy (non-hydrogen) atoms. The summed E-state index contributed by atoms with van der Waals surface area (Å²) in [4.78, 5) is 0. The number of nitrogens with zero attached hydrogens (tertiary/aromatic N) is 2. The van der Waals surface area contributed by atoms with Crippen LogP contribution >= 0.6 is 0 Å². The molecule has 1 aromatic heterocycles. The van der Waals surface area contributed by atoms with Crippen molar-refractivity contribution in [1.29, 1.82) is 0 Å². The normalized spacial score (nSPS) is 10.6. The van der Waals surface area contributed by atoms with Crippen molar-refractivity contribution < 1.29 is 14.3 Å². The molecule has 3 rings (SSSR count). The van der Waals surface area contributed by atoms with Crippen LogP contribution in [0.4, 0.5) is 0 Å². The van der Waals surface area contributed by atoms with E-state index in [1.165, 1.54) is 4.68 Å². The number of aryl methyl sites for hydroxylation is 1. The minimum absolute atomic E-state index is 0.432. The lowest BCUT2D eigenvalue weighted by atomic mass is 10.1. The van der Waals surface area contributed by atoms with E-state index in [1.807, 2.05) is 61.5 Å². The van der Waals surface area contributed by atoms with Gasteiger partial charge < -0.3 is 9.63 Å². The van der Waals surface area contributed by atoms with Gasteiger partial charge in [0.25, 0.3) is 5.69 Å². The van der Waals surface area contributed by atoms with Gasteiger partial charge in [-0.15, -0.1) is 0 Å². The third kappa shape index (κ3) is 1.97. The molecule has 4 heteroatoms. The Bertz CT molecular complexity index is 705. The fourth-order valence-corrected chi connectivity index (χ4v) is 2.06. The fourth-order valence-electron chi connectivity index (χ4n) is 2.06. The number of hydrogen-bond acceptors (Lipinski definition) is 3. The Balaban J connectivity index is 2.23. The highest BCUT2D eigenvalue weighted by Crippen LogP contribution is 2.26. The third-order valence-electron chi connectivity index (χ3n) is 3.01. The molecule has 0 amide bonds. The zero-order chi connectivity index (χ0) is 13.2. The Labute approximate surface area is 110 Å². The summed E-state index contributed by atoms with van der Waals surface area (Å²) in [6.07, 6.45) is 0. The number of hydrogen-bond donors (Lipinski definition) is 0. The van der Waals surface area contributed by atoms with Crippen LogP contribution in [0.5, 0.6) is 5.95 Å². The average Bonchev–Trinajstić information content (AvgIpc) is 2.82. The van der Waals surface area contributed by atoms with Crippen LogP contribution in [-0.2, 0) is 0 Å². The second-order valence-electron chi connectivity index (χ2n) is 4.27. The maximum atomic E-state index is 11.9. The summed E-state index contributed by atoms with van der Waals surface area (Å²) in [5, 5.41) is 15.7. The molecule has 0 radical (unpaired) electrons. The predicted octanol–water partition coefficient (Wildman–Crippen LogP) is 2.00. The van der Waals surface area contributed by atoms with E-state index in [1.54, 1.807) is 0 Å². The van der Waals surface area contributed by atoms with E-state index in [0.29, 0.717) is 5.69 Å². The summed E-state index contributed by atoms with van der Waals surface area (Å²) in [6, 6.07) is 17.1. The summed E-state index contributed by atoms with van der Waals surface area (Å²) >= 11 is 0. The Morgan fingerprint density at radius 2 is 1.68 bits per heavy atom. The second kappa shape index (κ2) is 4.57. The molecule has 0 aliphatic carbocycles. The summed E-state index contributed by atoms with van der Waals surface area (Å²) in [7, 11) is 0. The third-order valence-corrected chi connectivity index (χ3v) is 3.01. The molecule has 0 saturated carbocycles. The summed E-state index contributed by atoms with van der Waals surface area (Å²) in [5.74, 6) is -0.432. The van der Waals surface area contributed by atoms with Crippen LogP contribution in [-0.4, -0.2) is 5.27 Å². The molecular weight excluding hydrogens is 240 g/mol. The minimum atomic E-state index is -0.432. The van der Waals surface area contributed by atoms with Gasteiger partial charge in [0, 0.05) is 12.1 Å². The van der Waals surface area contributed by atoms with Gasteiger partial charge in [0.2, 0.25) is 5.69 Å². The van der Waals surface area contributed by atoms with Gasteiger partial charge in [-0.1, -0.05) is 36.4 Å². The molecule has 94 valence electrons. The SMILES string of the molecule is Cc1ccccc1-c1c([O-])on[n+]1-c1ccccc1. The van der Waals surface area contributed by atoms with Crippen molar-refractivity contribution >= 4 is 0 Å². The van der Waals surface area contributed by atoms with Crippen molar-refractivity contribution in [3.05, 3.63) is 60.2 Å². The lowest BCUT2D eigenvalue weighted by Gasteiger charge is -2.02. The van der Waals surface area contributed by atoms with E-state index >= 15 is 0 Å². The first-order chi connectivity index (χ1) is 9.27. The number of rotatable bonds is 2. The molecule has 0 bridgehead atoms. The standard InChI is InChI=1S/C15H12N2O2/c1-11-7-5-6-10-13(11)14-15(18)19-16-17(14)12-8-3-2-4-9-12/h2-10H,1H3. The maximum Gasteiger partial charge on any atom is 0.271 e. The predicted molar refractivity (Wildman–Crippen MR) is 67.7 cm³/mol. The van der Waals surface area contributed by atoms with Crippen molar-refractivity contribution in [3.8, 4) is 22.9 Å². The molecule has 0 unspecified atom stereocenters. The van der Waals surface area contributed by atoms with E-state index in [0.717, 1.165) is 16.8 Å². The van der Waals surface area contributed by atoms with Crippen molar-refractivity contribution in [2.45, 2.75) is 6.92 Å². The van der Waals surface area contributed by atoms with Gasteiger partial charge >= 0.3 is 0 Å². The molecule has 0 aliphatic rings. The average molecular weight is 252 g/mol. The Hall–Kier alpha value is -2.62. The smallest absolute Gasteiger partial charge is 0.271 e. The topological polar surface area (TPSA) is 53.0 Å². The zero-order valence-corrected chi connectivity index (χ0v) is 10.4. The molecule has 0 aliphatic heterocycles. The first kappa shape index (κ1) is 11.5. The first-order valence-electron chi connectivity index (χ1n) is 5.98. The Morgan fingerprint density at radius 3 is 2.42 bits per heavy atom. The van der Waals surface area contributed by atoms with E-state index in [2.05, 4.69) is 5.27 Å². The van der Waals surface area contributed by atoms with Crippen LogP contribution in [0.2, 0.25) is 0 Å². The van der Waals surface area contributed by atoms with Gasteiger partial charge in [0.15, 0.2) is 5.95 Å². The molecule has 0 fully saturated rings. The van der Waals surface area contributed by atoms with Gasteiger partial charge in [-0.2, -0.15) is 0 Å². The van der Waals surface area contributed by atoms with Gasteiger partial charge in [0.1, 0.15) is 0 Å². The van der Waals surface area contributed by atoms with Crippen molar-refractivity contribution in [2.24, 2.45) is 0 Å². The number of para-hydroxylation sites is 1. The van der Waals surface area contributed by atoms with E-state index in [-0.39, 0.29) is 0 Å². The second-order valence-corrected chi connectivity index (χ2v) is 4.27. The van der Waals surface area contributed by atoms with Crippen molar-refractivity contribution in [1.82, 2.24) is 5.27 Å². The molecule has 0 saturated heterocycles. The highest BCUT2D eigenvalue weighted by Gasteiger charge is 2.22. The zero-order valence-electron chi connectivity index (χ0n) is 10.4. The van der Waals surface area contributed by atoms with Crippen molar-refractivity contribution in [2.75, 3.05) is 0 Å². The van der Waals surface area contributed by atoms with Gasteiger partial charge in [-0.05, 0) is 23.2 Å². The van der Waals surface area contributed by atoms with Crippen LogP contribution in [0.3, 0.4) is 0 Å². The van der Waals surface area contributed by atoms with E-state index in [4.69, 9.17) is 4.52 Å². The highest BCUT2D eigenvalue weighted by atomic mass is 16.6. The van der Waals surface area contributed by atoms with Crippen molar-refractivity contribution in [3.63, 3.8) is 0 Å². The summed E-state index contributed by atoms with van der Waals surface area (Å²) in [6.45, 7) is 1.96. The van der Waals surface area contributed by atoms with Crippen LogP contribution in [0.25, 0.3) is 16.9 Å². The lowest BCUT2D eigenvalue weighted by molar-refractivity contribution is -0.660. The largest absolute Gasteiger partial charge is 0.539 e. The number of benzene rings is 2. The monoisotopic (exact) mass is 252 g/mol. The van der Waals surface area contributed by atoms with Gasteiger partial charge in [-0.25, -0.2) is 0 Å². The molecule has 3 aromatic rings. The Morgan fingerprint density at radius 1 is 1.00 bits per heavy atom. The molecule has 0 spiro atoms. The van der Waals surface area contributed by atoms with Gasteiger partial charge in [-0.3, -0.25) is 0 Å². The number of aromatic nitrogens is 2. The van der Waals surface area contributed by atoms with E-state index < -0.39 is 5.95 Å². The van der Waals surface area contributed by atoms with E-state index in [9.17, 15) is 5.11 Å². The molecular formula is C15H12N2O2. The Kier molecular flexibility index (Phi) is 2.76. The first-order valence-corrected chi connectivity index (χ1v) is 5.98. The van der Waals surface area contributed by atoms with Crippen LogP contribution in [0, 0.1) is 6.92 Å². The van der Waals surface area contributed by atoms with Gasteiger partial charge in [0.05, 0.1) is 10.8 Å². The summed E-state index contributed by atoms with van der Waals surface area (Å²) in [5.41, 5.74) is 3.08. The quantitative estimate of drug-likeness (QED) is 0.655. The highest BCUT2D eigenvalue weighted by molar-refractivity contribution is 5.64. The molecule has 0 atom stereocenters. The summed E-state index contributed by atoms with van der Waals surface area (Å²) < 4.78 is 6.35. The van der Waals surface area contributed by atoms with Crippen LogP contribution in [0.15, 0.2) is 59.1 Å². The molecule has 1 heterocycles. The van der Waals surface area contributed by atoms with Crippen LogP contribution < -0.4 is 9.79 Å². The maximum absolute atomic E-state index is 11.9. The lowest BCUT2D eigenvalue weighted by Crippen LogP contribution is -2.34.